The molecular weight excluding hydrogens is 431 g/mol. The van der Waals surface area contributed by atoms with Crippen molar-refractivity contribution in [2.45, 2.75) is 11.3 Å². The zero-order valence-corrected chi connectivity index (χ0v) is 17.6. The number of hydrogen-bond acceptors (Lipinski definition) is 3. The van der Waals surface area contributed by atoms with Crippen molar-refractivity contribution in [3.05, 3.63) is 94.0 Å². The predicted molar refractivity (Wildman–Crippen MR) is 116 cm³/mol. The normalized spacial score (nSPS) is 11.1. The van der Waals surface area contributed by atoms with E-state index in [1.54, 1.807) is 42.5 Å². The lowest BCUT2D eigenvalue weighted by Gasteiger charge is -2.11. The zero-order valence-electron chi connectivity index (χ0n) is 15.2. The van der Waals surface area contributed by atoms with Gasteiger partial charge in [0.1, 0.15) is 4.90 Å². The minimum absolute atomic E-state index is 0.0335. The molecule has 0 saturated carbocycles. The molecule has 0 radical (unpaired) electrons. The third kappa shape index (κ3) is 5.73. The summed E-state index contributed by atoms with van der Waals surface area (Å²) < 4.78 is 27.8. The van der Waals surface area contributed by atoms with E-state index in [4.69, 9.17) is 23.2 Å². The smallest absolute Gasteiger partial charge is 0.263 e. The molecule has 0 unspecified atom stereocenters. The molecule has 0 bridgehead atoms. The van der Waals surface area contributed by atoms with Crippen molar-refractivity contribution in [1.29, 1.82) is 0 Å². The van der Waals surface area contributed by atoms with Crippen molar-refractivity contribution >= 4 is 44.8 Å². The zero-order chi connectivity index (χ0) is 20.9. The molecule has 0 heterocycles. The monoisotopic (exact) mass is 448 g/mol. The van der Waals surface area contributed by atoms with Gasteiger partial charge in [0.2, 0.25) is 0 Å². The van der Waals surface area contributed by atoms with Crippen molar-refractivity contribution in [2.24, 2.45) is 0 Å². The molecule has 5 nitrogen and oxygen atoms in total. The van der Waals surface area contributed by atoms with Crippen LogP contribution in [0.4, 0.5) is 5.69 Å². The van der Waals surface area contributed by atoms with Crippen molar-refractivity contribution in [2.75, 3.05) is 11.3 Å². The first-order chi connectivity index (χ1) is 13.8. The molecule has 3 aromatic rings. The summed E-state index contributed by atoms with van der Waals surface area (Å²) in [6, 6.07) is 19.9. The van der Waals surface area contributed by atoms with E-state index in [0.29, 0.717) is 23.7 Å². The molecular formula is C21H18Cl2N2O3S. The Morgan fingerprint density at radius 1 is 0.897 bits per heavy atom. The van der Waals surface area contributed by atoms with E-state index in [1.165, 1.54) is 18.2 Å². The second kappa shape index (κ2) is 9.31. The van der Waals surface area contributed by atoms with E-state index < -0.39 is 10.0 Å². The minimum atomic E-state index is -3.94. The van der Waals surface area contributed by atoms with Gasteiger partial charge in [0.15, 0.2) is 0 Å². The summed E-state index contributed by atoms with van der Waals surface area (Å²) in [5.74, 6) is -0.383. The average Bonchev–Trinajstić information content (AvgIpc) is 2.70. The van der Waals surface area contributed by atoms with Gasteiger partial charge in [-0.1, -0.05) is 53.5 Å². The molecule has 1 amide bonds. The fourth-order valence-electron chi connectivity index (χ4n) is 2.64. The Kier molecular flexibility index (Phi) is 6.79. The van der Waals surface area contributed by atoms with Crippen molar-refractivity contribution in [3.63, 3.8) is 0 Å². The fraction of sp³-hybridized carbons (Fsp3) is 0.0952. The molecule has 0 aliphatic heterocycles. The van der Waals surface area contributed by atoms with Gasteiger partial charge < -0.3 is 5.32 Å². The van der Waals surface area contributed by atoms with Crippen molar-refractivity contribution < 1.29 is 13.2 Å². The molecule has 0 aliphatic carbocycles. The number of anilines is 1. The summed E-state index contributed by atoms with van der Waals surface area (Å²) in [6.07, 6.45) is 0.622. The molecule has 0 fully saturated rings. The highest BCUT2D eigenvalue weighted by Crippen LogP contribution is 2.25. The Morgan fingerprint density at radius 3 is 2.28 bits per heavy atom. The second-order valence-corrected chi connectivity index (χ2v) is 8.74. The van der Waals surface area contributed by atoms with Gasteiger partial charge >= 0.3 is 0 Å². The van der Waals surface area contributed by atoms with Gasteiger partial charge in [-0.2, -0.15) is 0 Å². The van der Waals surface area contributed by atoms with Crippen LogP contribution >= 0.6 is 23.2 Å². The first kappa shape index (κ1) is 21.2. The lowest BCUT2D eigenvalue weighted by Crippen LogP contribution is -2.26. The summed E-state index contributed by atoms with van der Waals surface area (Å²) in [6.45, 7) is 0.396. The van der Waals surface area contributed by atoms with E-state index in [2.05, 4.69) is 10.0 Å². The lowest BCUT2D eigenvalue weighted by molar-refractivity contribution is 0.0954. The molecule has 0 saturated heterocycles. The molecule has 0 atom stereocenters. The van der Waals surface area contributed by atoms with Gasteiger partial charge in [-0.25, -0.2) is 8.42 Å². The number of carbonyl (C=O) groups is 1. The van der Waals surface area contributed by atoms with E-state index in [1.807, 2.05) is 12.1 Å². The summed E-state index contributed by atoms with van der Waals surface area (Å²) in [4.78, 5) is 12.3. The minimum Gasteiger partial charge on any atom is -0.352 e. The van der Waals surface area contributed by atoms with Gasteiger partial charge in [-0.3, -0.25) is 9.52 Å². The van der Waals surface area contributed by atoms with Crippen LogP contribution in [0.3, 0.4) is 0 Å². The van der Waals surface area contributed by atoms with Crippen molar-refractivity contribution in [1.82, 2.24) is 5.32 Å². The number of amides is 1. The number of rotatable bonds is 7. The topological polar surface area (TPSA) is 75.3 Å². The van der Waals surface area contributed by atoms with E-state index in [-0.39, 0.29) is 21.4 Å². The second-order valence-electron chi connectivity index (χ2n) is 6.25. The summed E-state index contributed by atoms with van der Waals surface area (Å²) in [5.41, 5.74) is 1.64. The quantitative estimate of drug-likeness (QED) is 0.546. The van der Waals surface area contributed by atoms with Crippen LogP contribution in [-0.2, 0) is 16.4 Å². The maximum atomic E-state index is 12.7. The maximum absolute atomic E-state index is 12.7. The number of para-hydroxylation sites is 1. The third-order valence-corrected chi connectivity index (χ3v) is 6.24. The highest BCUT2D eigenvalue weighted by atomic mass is 35.5. The SMILES string of the molecule is O=C(NCCc1ccc(Cl)cc1)c1ccc(Cl)c(S(=O)(=O)Nc2ccccc2)c1. The van der Waals surface area contributed by atoms with Crippen LogP contribution in [0.2, 0.25) is 10.0 Å². The first-order valence-electron chi connectivity index (χ1n) is 8.75. The van der Waals surface area contributed by atoms with Crippen LogP contribution < -0.4 is 10.0 Å². The van der Waals surface area contributed by atoms with Gasteiger partial charge in [0.25, 0.3) is 15.9 Å². The fourth-order valence-corrected chi connectivity index (χ4v) is 4.35. The first-order valence-corrected chi connectivity index (χ1v) is 11.0. The molecule has 150 valence electrons. The Labute approximate surface area is 179 Å². The van der Waals surface area contributed by atoms with Gasteiger partial charge in [-0.15, -0.1) is 0 Å². The third-order valence-electron chi connectivity index (χ3n) is 4.12. The number of benzene rings is 3. The lowest BCUT2D eigenvalue weighted by atomic mass is 10.1. The van der Waals surface area contributed by atoms with Crippen molar-refractivity contribution in [3.8, 4) is 0 Å². The van der Waals surface area contributed by atoms with Crippen LogP contribution in [0.1, 0.15) is 15.9 Å². The van der Waals surface area contributed by atoms with Crippen LogP contribution in [0, 0.1) is 0 Å². The average molecular weight is 449 g/mol. The molecule has 0 spiro atoms. The van der Waals surface area contributed by atoms with Gasteiger partial charge in [-0.05, 0) is 54.4 Å². The number of halogens is 2. The van der Waals surface area contributed by atoms with Gasteiger partial charge in [0, 0.05) is 22.8 Å². The number of sulfonamides is 1. The van der Waals surface area contributed by atoms with Crippen LogP contribution in [0.5, 0.6) is 0 Å². The highest BCUT2D eigenvalue weighted by Gasteiger charge is 2.20. The van der Waals surface area contributed by atoms with Gasteiger partial charge in [0.05, 0.1) is 5.02 Å². The molecule has 0 aromatic heterocycles. The van der Waals surface area contributed by atoms with E-state index in [9.17, 15) is 13.2 Å². The Balaban J connectivity index is 1.70. The van der Waals surface area contributed by atoms with Crippen LogP contribution in [0.25, 0.3) is 0 Å². The summed E-state index contributed by atoms with van der Waals surface area (Å²) in [7, 11) is -3.94. The van der Waals surface area contributed by atoms with E-state index in [0.717, 1.165) is 5.56 Å². The van der Waals surface area contributed by atoms with Crippen LogP contribution in [0.15, 0.2) is 77.7 Å². The number of nitrogens with one attached hydrogen (secondary N) is 2. The largest absolute Gasteiger partial charge is 0.352 e. The Hall–Kier alpha value is -2.54. The number of hydrogen-bond donors (Lipinski definition) is 2. The Morgan fingerprint density at radius 2 is 1.59 bits per heavy atom. The summed E-state index contributed by atoms with van der Waals surface area (Å²) in [5, 5.41) is 3.46. The molecule has 3 aromatic carbocycles. The molecule has 8 heteroatoms. The summed E-state index contributed by atoms with van der Waals surface area (Å²) >= 11 is 11.9. The predicted octanol–water partition coefficient (Wildman–Crippen LogP) is 4.77. The Bertz CT molecular complexity index is 1100. The highest BCUT2D eigenvalue weighted by molar-refractivity contribution is 7.92. The van der Waals surface area contributed by atoms with Crippen LogP contribution in [-0.4, -0.2) is 20.9 Å². The standard InChI is InChI=1S/C21H18Cl2N2O3S/c22-17-9-6-15(7-10-17)12-13-24-21(26)16-8-11-19(23)20(14-16)29(27,28)25-18-4-2-1-3-5-18/h1-11,14,25H,12-13H2,(H,24,26). The number of carbonyl (C=O) groups excluding carboxylic acids is 1. The molecule has 3 rings (SSSR count). The molecule has 2 N–H and O–H groups in total. The molecule has 0 aliphatic rings. The molecule has 29 heavy (non-hydrogen) atoms. The van der Waals surface area contributed by atoms with E-state index >= 15 is 0 Å². The maximum Gasteiger partial charge on any atom is 0.263 e.